The molecule has 2 aromatic carbocycles. The predicted octanol–water partition coefficient (Wildman–Crippen LogP) is 2.14. The number of rotatable bonds is 7. The lowest BCUT2D eigenvalue weighted by Crippen LogP contribution is -2.29. The molecule has 1 N–H and O–H groups in total. The number of carbonyl (C=O) groups excluding carboxylic acids is 1. The van der Waals surface area contributed by atoms with Gasteiger partial charge in [0, 0.05) is 6.26 Å². The Morgan fingerprint density at radius 3 is 2.46 bits per heavy atom. The minimum Gasteiger partial charge on any atom is -0.492 e. The van der Waals surface area contributed by atoms with Gasteiger partial charge in [-0.25, -0.2) is 8.42 Å². The lowest BCUT2D eigenvalue weighted by atomic mass is 10.1. The summed E-state index contributed by atoms with van der Waals surface area (Å²) in [5.41, 5.74) is 2.10. The smallest absolute Gasteiger partial charge is 0.224 e. The molecule has 2 rings (SSSR count). The molecule has 0 aliphatic rings. The fourth-order valence-corrected chi connectivity index (χ4v) is 2.84. The molecular weight excluding hydrogens is 326 g/mol. The monoisotopic (exact) mass is 347 g/mol. The molecule has 24 heavy (non-hydrogen) atoms. The maximum absolute atomic E-state index is 11.9. The van der Waals surface area contributed by atoms with Crippen molar-refractivity contribution in [3.05, 3.63) is 59.7 Å². The van der Waals surface area contributed by atoms with E-state index in [4.69, 9.17) is 4.74 Å². The molecule has 0 spiro atoms. The molecule has 0 aliphatic heterocycles. The molecule has 128 valence electrons. The van der Waals surface area contributed by atoms with Gasteiger partial charge in [-0.05, 0) is 36.8 Å². The number of sulfone groups is 1. The van der Waals surface area contributed by atoms with Crippen LogP contribution in [-0.4, -0.2) is 33.7 Å². The highest BCUT2D eigenvalue weighted by molar-refractivity contribution is 7.90. The summed E-state index contributed by atoms with van der Waals surface area (Å²) in [7, 11) is -3.20. The van der Waals surface area contributed by atoms with Gasteiger partial charge < -0.3 is 10.1 Å². The van der Waals surface area contributed by atoms with Crippen LogP contribution in [0.25, 0.3) is 0 Å². The van der Waals surface area contributed by atoms with Crippen LogP contribution in [0.2, 0.25) is 0 Å². The van der Waals surface area contributed by atoms with Crippen molar-refractivity contribution in [1.82, 2.24) is 5.32 Å². The average Bonchev–Trinajstić information content (AvgIpc) is 2.51. The van der Waals surface area contributed by atoms with Gasteiger partial charge >= 0.3 is 0 Å². The lowest BCUT2D eigenvalue weighted by molar-refractivity contribution is -0.120. The Morgan fingerprint density at radius 1 is 1.12 bits per heavy atom. The van der Waals surface area contributed by atoms with Crippen LogP contribution in [0.3, 0.4) is 0 Å². The van der Waals surface area contributed by atoms with E-state index in [0.29, 0.717) is 25.3 Å². The zero-order valence-corrected chi connectivity index (χ0v) is 14.6. The fraction of sp³-hybridized carbons (Fsp3) is 0.278. The average molecular weight is 347 g/mol. The Morgan fingerprint density at radius 2 is 1.83 bits per heavy atom. The third-order valence-corrected chi connectivity index (χ3v) is 4.52. The summed E-state index contributed by atoms with van der Waals surface area (Å²) in [4.78, 5) is 12.1. The van der Waals surface area contributed by atoms with Crippen molar-refractivity contribution < 1.29 is 17.9 Å². The summed E-state index contributed by atoms with van der Waals surface area (Å²) in [5, 5.41) is 2.80. The second kappa shape index (κ2) is 7.97. The van der Waals surface area contributed by atoms with Crippen LogP contribution >= 0.6 is 0 Å². The second-order valence-electron chi connectivity index (χ2n) is 5.61. The summed E-state index contributed by atoms with van der Waals surface area (Å²) >= 11 is 0. The maximum Gasteiger partial charge on any atom is 0.224 e. The van der Waals surface area contributed by atoms with E-state index in [2.05, 4.69) is 5.32 Å². The molecule has 0 fully saturated rings. The summed E-state index contributed by atoms with van der Waals surface area (Å²) in [6.45, 7) is 2.69. The molecule has 0 saturated carbocycles. The lowest BCUT2D eigenvalue weighted by Gasteiger charge is -2.08. The molecule has 2 aromatic rings. The van der Waals surface area contributed by atoms with Gasteiger partial charge in [0.1, 0.15) is 12.4 Å². The number of aryl methyl sites for hydroxylation is 1. The van der Waals surface area contributed by atoms with Gasteiger partial charge in [-0.3, -0.25) is 4.79 Å². The van der Waals surface area contributed by atoms with Gasteiger partial charge in [-0.1, -0.05) is 29.8 Å². The van der Waals surface area contributed by atoms with Crippen LogP contribution in [0, 0.1) is 6.92 Å². The Bertz CT molecular complexity index is 798. The topological polar surface area (TPSA) is 72.5 Å². The molecule has 1 amide bonds. The van der Waals surface area contributed by atoms with Crippen molar-refractivity contribution in [2.45, 2.75) is 18.2 Å². The van der Waals surface area contributed by atoms with E-state index in [1.807, 2.05) is 31.2 Å². The SMILES string of the molecule is Cc1cccc(CC(=O)NCCOc2ccc(S(C)(=O)=O)cc2)c1. The first-order chi connectivity index (χ1) is 11.3. The molecule has 0 atom stereocenters. The van der Waals surface area contributed by atoms with Gasteiger partial charge in [0.25, 0.3) is 0 Å². The zero-order chi connectivity index (χ0) is 17.6. The molecule has 0 aliphatic carbocycles. The normalized spacial score (nSPS) is 11.1. The van der Waals surface area contributed by atoms with Crippen LogP contribution in [0.15, 0.2) is 53.4 Å². The molecule has 0 saturated heterocycles. The van der Waals surface area contributed by atoms with Gasteiger partial charge in [-0.2, -0.15) is 0 Å². The number of hydrogen-bond acceptors (Lipinski definition) is 4. The standard InChI is InChI=1S/C18H21NO4S/c1-14-4-3-5-15(12-14)13-18(20)19-10-11-23-16-6-8-17(9-7-16)24(2,21)22/h3-9,12H,10-11,13H2,1-2H3,(H,19,20). The van der Waals surface area contributed by atoms with Crippen molar-refractivity contribution >= 4 is 15.7 Å². The van der Waals surface area contributed by atoms with Gasteiger partial charge in [0.2, 0.25) is 5.91 Å². The summed E-state index contributed by atoms with van der Waals surface area (Å²) in [6.07, 6.45) is 1.50. The summed E-state index contributed by atoms with van der Waals surface area (Å²) < 4.78 is 28.2. The first-order valence-electron chi connectivity index (χ1n) is 7.60. The van der Waals surface area contributed by atoms with E-state index >= 15 is 0 Å². The quantitative estimate of drug-likeness (QED) is 0.779. The van der Waals surface area contributed by atoms with E-state index in [-0.39, 0.29) is 10.8 Å². The molecule has 0 aromatic heterocycles. The highest BCUT2D eigenvalue weighted by Crippen LogP contribution is 2.15. The highest BCUT2D eigenvalue weighted by Gasteiger charge is 2.07. The third-order valence-electron chi connectivity index (χ3n) is 3.39. The largest absolute Gasteiger partial charge is 0.492 e. The van der Waals surface area contributed by atoms with E-state index in [1.54, 1.807) is 12.1 Å². The van der Waals surface area contributed by atoms with Crippen molar-refractivity contribution in [1.29, 1.82) is 0 Å². The Hall–Kier alpha value is -2.34. The van der Waals surface area contributed by atoms with Gasteiger partial charge in [0.05, 0.1) is 17.9 Å². The van der Waals surface area contributed by atoms with Crippen LogP contribution in [0.1, 0.15) is 11.1 Å². The number of carbonyl (C=O) groups is 1. The number of nitrogens with one attached hydrogen (secondary N) is 1. The number of hydrogen-bond donors (Lipinski definition) is 1. The van der Waals surface area contributed by atoms with Crippen LogP contribution < -0.4 is 10.1 Å². The predicted molar refractivity (Wildman–Crippen MR) is 92.9 cm³/mol. The van der Waals surface area contributed by atoms with Gasteiger partial charge in [0.15, 0.2) is 9.84 Å². The molecule has 0 bridgehead atoms. The zero-order valence-electron chi connectivity index (χ0n) is 13.8. The summed E-state index contributed by atoms with van der Waals surface area (Å²) in [6, 6.07) is 14.0. The highest BCUT2D eigenvalue weighted by atomic mass is 32.2. The van der Waals surface area contributed by atoms with Crippen LogP contribution in [0.4, 0.5) is 0 Å². The molecule has 6 heteroatoms. The molecular formula is C18H21NO4S. The van der Waals surface area contributed by atoms with Crippen molar-refractivity contribution in [3.63, 3.8) is 0 Å². The van der Waals surface area contributed by atoms with Crippen LogP contribution in [-0.2, 0) is 21.1 Å². The van der Waals surface area contributed by atoms with Crippen LogP contribution in [0.5, 0.6) is 5.75 Å². The number of amides is 1. The van der Waals surface area contributed by atoms with Gasteiger partial charge in [-0.15, -0.1) is 0 Å². The first-order valence-corrected chi connectivity index (χ1v) is 9.49. The first kappa shape index (κ1) is 18.0. The second-order valence-corrected chi connectivity index (χ2v) is 7.62. The van der Waals surface area contributed by atoms with E-state index in [0.717, 1.165) is 17.4 Å². The van der Waals surface area contributed by atoms with Crippen molar-refractivity contribution in [2.24, 2.45) is 0 Å². The molecule has 5 nitrogen and oxygen atoms in total. The number of ether oxygens (including phenoxy) is 1. The van der Waals surface area contributed by atoms with E-state index < -0.39 is 9.84 Å². The number of benzene rings is 2. The van der Waals surface area contributed by atoms with E-state index in [1.165, 1.54) is 12.1 Å². The fourth-order valence-electron chi connectivity index (χ4n) is 2.21. The summed E-state index contributed by atoms with van der Waals surface area (Å²) in [5.74, 6) is 0.506. The van der Waals surface area contributed by atoms with E-state index in [9.17, 15) is 13.2 Å². The Labute approximate surface area is 142 Å². The maximum atomic E-state index is 11.9. The van der Waals surface area contributed by atoms with Crippen molar-refractivity contribution in [3.8, 4) is 5.75 Å². The minimum absolute atomic E-state index is 0.0587. The Kier molecular flexibility index (Phi) is 5.98. The third kappa shape index (κ3) is 5.70. The molecule has 0 heterocycles. The Balaban J connectivity index is 1.73. The van der Waals surface area contributed by atoms with Crippen molar-refractivity contribution in [2.75, 3.05) is 19.4 Å². The molecule has 0 radical (unpaired) electrons. The minimum atomic E-state index is -3.20. The molecule has 0 unspecified atom stereocenters.